The maximum atomic E-state index is 10.9. The van der Waals surface area contributed by atoms with Gasteiger partial charge in [-0.3, -0.25) is 4.79 Å². The molecule has 4 heteroatoms. The minimum Gasteiger partial charge on any atom is -0.429 e. The van der Waals surface area contributed by atoms with Gasteiger partial charge in [-0.15, -0.1) is 0 Å². The standard InChI is InChI=1S/C14H14O4/c1-3-14(16)18-11(2)7-8-12-5-4-6-13(9-12)17-10-15/h3-4,6-10H,1,5H2,2H3/b11-7+,12-8+. The van der Waals surface area contributed by atoms with Crippen LogP contribution in [0.5, 0.6) is 0 Å². The summed E-state index contributed by atoms with van der Waals surface area (Å²) in [6.45, 7) is 5.36. The second-order valence-corrected chi connectivity index (χ2v) is 3.51. The van der Waals surface area contributed by atoms with E-state index in [1.807, 2.05) is 6.08 Å². The Kier molecular flexibility index (Phi) is 5.38. The molecule has 0 amide bonds. The first-order valence-corrected chi connectivity index (χ1v) is 5.36. The van der Waals surface area contributed by atoms with Gasteiger partial charge in [0.15, 0.2) is 0 Å². The summed E-state index contributed by atoms with van der Waals surface area (Å²) < 4.78 is 9.63. The Bertz CT molecular complexity index is 464. The van der Waals surface area contributed by atoms with Gasteiger partial charge in [0.25, 0.3) is 6.47 Å². The molecule has 1 aliphatic rings. The minimum atomic E-state index is -0.494. The van der Waals surface area contributed by atoms with Crippen LogP contribution in [0.25, 0.3) is 0 Å². The van der Waals surface area contributed by atoms with Crippen molar-refractivity contribution in [2.75, 3.05) is 0 Å². The number of carbonyl (C=O) groups excluding carboxylic acids is 2. The van der Waals surface area contributed by atoms with Crippen LogP contribution in [0.3, 0.4) is 0 Å². The molecule has 0 heterocycles. The van der Waals surface area contributed by atoms with E-state index in [1.165, 1.54) is 0 Å². The summed E-state index contributed by atoms with van der Waals surface area (Å²) >= 11 is 0. The lowest BCUT2D eigenvalue weighted by Gasteiger charge is -2.06. The topological polar surface area (TPSA) is 52.6 Å². The fourth-order valence-corrected chi connectivity index (χ4v) is 1.30. The molecule has 0 N–H and O–H groups in total. The fourth-order valence-electron chi connectivity index (χ4n) is 1.30. The predicted molar refractivity (Wildman–Crippen MR) is 67.1 cm³/mol. The van der Waals surface area contributed by atoms with Crippen molar-refractivity contribution >= 4 is 12.4 Å². The van der Waals surface area contributed by atoms with Gasteiger partial charge >= 0.3 is 5.97 Å². The van der Waals surface area contributed by atoms with E-state index in [1.54, 1.807) is 31.2 Å². The molecular weight excluding hydrogens is 232 g/mol. The Labute approximate surface area is 106 Å². The molecule has 0 aromatic carbocycles. The van der Waals surface area contributed by atoms with Crippen molar-refractivity contribution in [1.82, 2.24) is 0 Å². The van der Waals surface area contributed by atoms with Crippen LogP contribution in [0.15, 0.2) is 60.1 Å². The Morgan fingerprint density at radius 1 is 1.50 bits per heavy atom. The Hall–Kier alpha value is -2.36. The zero-order valence-electron chi connectivity index (χ0n) is 10.1. The van der Waals surface area contributed by atoms with Crippen molar-refractivity contribution in [3.8, 4) is 0 Å². The highest BCUT2D eigenvalue weighted by Crippen LogP contribution is 2.16. The smallest absolute Gasteiger partial charge is 0.335 e. The van der Waals surface area contributed by atoms with Crippen molar-refractivity contribution < 1.29 is 19.1 Å². The van der Waals surface area contributed by atoms with Crippen molar-refractivity contribution in [2.45, 2.75) is 13.3 Å². The molecule has 0 aromatic heterocycles. The number of esters is 1. The number of hydrogen-bond donors (Lipinski definition) is 0. The molecule has 0 saturated heterocycles. The molecule has 94 valence electrons. The average Bonchev–Trinajstić information content (AvgIpc) is 2.37. The van der Waals surface area contributed by atoms with E-state index in [0.717, 1.165) is 18.1 Å². The lowest BCUT2D eigenvalue weighted by molar-refractivity contribution is -0.133. The molecule has 0 saturated carbocycles. The SMILES string of the molecule is C=CC(=O)O/C(C)=C/C=C1/C=C(OC=O)C=CC1. The summed E-state index contributed by atoms with van der Waals surface area (Å²) in [7, 11) is 0. The van der Waals surface area contributed by atoms with Gasteiger partial charge in [-0.2, -0.15) is 0 Å². The van der Waals surface area contributed by atoms with Crippen LogP contribution in [0.2, 0.25) is 0 Å². The molecule has 1 aliphatic carbocycles. The number of rotatable bonds is 5. The third kappa shape index (κ3) is 4.65. The largest absolute Gasteiger partial charge is 0.429 e. The second kappa shape index (κ2) is 7.06. The second-order valence-electron chi connectivity index (χ2n) is 3.51. The summed E-state index contributed by atoms with van der Waals surface area (Å²) in [4.78, 5) is 21.1. The third-order valence-electron chi connectivity index (χ3n) is 2.11. The molecule has 0 aliphatic heterocycles. The first-order valence-electron chi connectivity index (χ1n) is 5.36. The third-order valence-corrected chi connectivity index (χ3v) is 2.11. The lowest BCUT2D eigenvalue weighted by atomic mass is 10.1. The first kappa shape index (κ1) is 13.7. The summed E-state index contributed by atoms with van der Waals surface area (Å²) in [5.74, 6) is 0.455. The highest BCUT2D eigenvalue weighted by atomic mass is 16.5. The van der Waals surface area contributed by atoms with E-state index in [4.69, 9.17) is 9.47 Å². The zero-order chi connectivity index (χ0) is 13.4. The molecule has 0 fully saturated rings. The van der Waals surface area contributed by atoms with Crippen molar-refractivity contribution in [1.29, 1.82) is 0 Å². The molecule has 4 nitrogen and oxygen atoms in total. The van der Waals surface area contributed by atoms with Gasteiger partial charge < -0.3 is 9.47 Å². The summed E-state index contributed by atoms with van der Waals surface area (Å²) in [5, 5.41) is 0. The van der Waals surface area contributed by atoms with Crippen molar-refractivity contribution in [3.63, 3.8) is 0 Å². The molecule has 0 unspecified atom stereocenters. The van der Waals surface area contributed by atoms with E-state index >= 15 is 0 Å². The van der Waals surface area contributed by atoms with Gasteiger partial charge in [0.2, 0.25) is 0 Å². The van der Waals surface area contributed by atoms with E-state index in [2.05, 4.69) is 6.58 Å². The van der Waals surface area contributed by atoms with E-state index in [9.17, 15) is 9.59 Å². The van der Waals surface area contributed by atoms with Crippen LogP contribution in [0, 0.1) is 0 Å². The Morgan fingerprint density at radius 3 is 2.94 bits per heavy atom. The average molecular weight is 246 g/mol. The molecule has 0 aromatic rings. The predicted octanol–water partition coefficient (Wildman–Crippen LogP) is 2.56. The number of carbonyl (C=O) groups is 2. The maximum Gasteiger partial charge on any atom is 0.335 e. The lowest BCUT2D eigenvalue weighted by Crippen LogP contribution is -1.97. The summed E-state index contributed by atoms with van der Waals surface area (Å²) in [5.41, 5.74) is 0.948. The first-order chi connectivity index (χ1) is 8.65. The zero-order valence-corrected chi connectivity index (χ0v) is 10.1. The highest BCUT2D eigenvalue weighted by Gasteiger charge is 2.02. The van der Waals surface area contributed by atoms with Gasteiger partial charge in [0.1, 0.15) is 11.5 Å². The summed E-state index contributed by atoms with van der Waals surface area (Å²) in [6.07, 6.45) is 10.6. The van der Waals surface area contributed by atoms with Crippen LogP contribution >= 0.6 is 0 Å². The van der Waals surface area contributed by atoms with Gasteiger partial charge in [0.05, 0.1) is 0 Å². The molecule has 0 atom stereocenters. The van der Waals surface area contributed by atoms with Crippen molar-refractivity contribution in [3.05, 3.63) is 60.1 Å². The van der Waals surface area contributed by atoms with E-state index in [0.29, 0.717) is 18.0 Å². The van der Waals surface area contributed by atoms with Crippen LogP contribution in [-0.4, -0.2) is 12.4 Å². The van der Waals surface area contributed by atoms with Gasteiger partial charge in [-0.1, -0.05) is 18.7 Å². The van der Waals surface area contributed by atoms with Crippen molar-refractivity contribution in [2.24, 2.45) is 0 Å². The molecule has 18 heavy (non-hydrogen) atoms. The number of allylic oxidation sites excluding steroid dienone is 7. The van der Waals surface area contributed by atoms with Crippen LogP contribution < -0.4 is 0 Å². The molecular formula is C14H14O4. The Morgan fingerprint density at radius 2 is 2.28 bits per heavy atom. The van der Waals surface area contributed by atoms with Crippen LogP contribution in [0.4, 0.5) is 0 Å². The Balaban J connectivity index is 2.69. The van der Waals surface area contributed by atoms with Crippen LogP contribution in [0.1, 0.15) is 13.3 Å². The molecule has 0 bridgehead atoms. The van der Waals surface area contributed by atoms with E-state index < -0.39 is 5.97 Å². The normalized spacial score (nSPS) is 17.1. The van der Waals surface area contributed by atoms with E-state index in [-0.39, 0.29) is 0 Å². The number of hydrogen-bond acceptors (Lipinski definition) is 4. The summed E-state index contributed by atoms with van der Waals surface area (Å²) in [6, 6.07) is 0. The fraction of sp³-hybridized carbons (Fsp3) is 0.143. The van der Waals surface area contributed by atoms with Gasteiger partial charge in [0, 0.05) is 6.08 Å². The van der Waals surface area contributed by atoms with Crippen LogP contribution in [-0.2, 0) is 19.1 Å². The minimum absolute atomic E-state index is 0.381. The molecule has 0 radical (unpaired) electrons. The van der Waals surface area contributed by atoms with Gasteiger partial charge in [-0.05, 0) is 37.1 Å². The quantitative estimate of drug-likeness (QED) is 0.324. The number of ether oxygens (including phenoxy) is 2. The monoisotopic (exact) mass is 246 g/mol. The van der Waals surface area contributed by atoms with Gasteiger partial charge in [-0.25, -0.2) is 4.79 Å². The molecule has 1 rings (SSSR count). The molecule has 0 spiro atoms. The maximum absolute atomic E-state index is 10.9. The highest BCUT2D eigenvalue weighted by molar-refractivity contribution is 5.82.